The number of hydrogen-bond acceptors (Lipinski definition) is 4. The lowest BCUT2D eigenvalue weighted by Crippen LogP contribution is -2.31. The number of rotatable bonds is 6. The van der Waals surface area contributed by atoms with Gasteiger partial charge in [-0.25, -0.2) is 8.78 Å². The van der Waals surface area contributed by atoms with Crippen LogP contribution in [0, 0.1) is 18.6 Å². The van der Waals surface area contributed by atoms with Crippen molar-refractivity contribution in [3.05, 3.63) is 65.0 Å². The number of ether oxygens (including phenoxy) is 1. The Kier molecular flexibility index (Phi) is 5.61. The highest BCUT2D eigenvalue weighted by atomic mass is 19.1. The molecule has 0 bridgehead atoms. The van der Waals surface area contributed by atoms with Crippen LogP contribution in [0.25, 0.3) is 11.4 Å². The summed E-state index contributed by atoms with van der Waals surface area (Å²) in [5.41, 5.74) is 5.68. The van der Waals surface area contributed by atoms with Crippen molar-refractivity contribution in [2.45, 2.75) is 46.3 Å². The van der Waals surface area contributed by atoms with E-state index in [1.54, 1.807) is 45.0 Å². The highest BCUT2D eigenvalue weighted by molar-refractivity contribution is 5.93. The summed E-state index contributed by atoms with van der Waals surface area (Å²) in [5.74, 6) is -1.60. The van der Waals surface area contributed by atoms with E-state index in [1.807, 2.05) is 18.4 Å². The molecule has 1 heterocycles. The summed E-state index contributed by atoms with van der Waals surface area (Å²) in [4.78, 5) is 11.3. The van der Waals surface area contributed by atoms with E-state index in [0.717, 1.165) is 5.56 Å². The van der Waals surface area contributed by atoms with Gasteiger partial charge >= 0.3 is 0 Å². The van der Waals surface area contributed by atoms with E-state index in [0.29, 0.717) is 22.8 Å². The molecule has 0 unspecified atom stereocenters. The van der Waals surface area contributed by atoms with Gasteiger partial charge in [-0.05, 0) is 64.4 Å². The molecule has 0 spiro atoms. The number of benzene rings is 2. The van der Waals surface area contributed by atoms with Crippen LogP contribution < -0.4 is 10.5 Å². The van der Waals surface area contributed by atoms with E-state index in [1.165, 1.54) is 12.1 Å². The Labute approximate surface area is 173 Å². The van der Waals surface area contributed by atoms with Crippen LogP contribution in [0.2, 0.25) is 0 Å². The van der Waals surface area contributed by atoms with E-state index in [-0.39, 0.29) is 6.04 Å². The number of amides is 1. The average Bonchev–Trinajstić information content (AvgIpc) is 3.11. The van der Waals surface area contributed by atoms with Crippen LogP contribution in [0.3, 0.4) is 0 Å². The summed E-state index contributed by atoms with van der Waals surface area (Å²) < 4.78 is 36.3. The van der Waals surface area contributed by atoms with Gasteiger partial charge in [0.05, 0.1) is 0 Å². The van der Waals surface area contributed by atoms with Crippen LogP contribution in [-0.2, 0) is 5.60 Å². The molecule has 30 heavy (non-hydrogen) atoms. The zero-order valence-electron chi connectivity index (χ0n) is 17.5. The van der Waals surface area contributed by atoms with Crippen LogP contribution >= 0.6 is 0 Å². The molecule has 0 radical (unpaired) electrons. The third-order valence-corrected chi connectivity index (χ3v) is 4.68. The number of halogens is 2. The topological polar surface area (TPSA) is 83.0 Å². The van der Waals surface area contributed by atoms with Gasteiger partial charge in [-0.3, -0.25) is 4.79 Å². The third-order valence-electron chi connectivity index (χ3n) is 4.68. The molecule has 0 aliphatic heterocycles. The molecule has 0 aliphatic rings. The predicted molar refractivity (Wildman–Crippen MR) is 109 cm³/mol. The first-order chi connectivity index (χ1) is 14.0. The number of nitrogens with zero attached hydrogens (tertiary/aromatic N) is 3. The van der Waals surface area contributed by atoms with Crippen molar-refractivity contribution in [2.24, 2.45) is 5.73 Å². The molecule has 3 aromatic rings. The molecule has 2 aromatic carbocycles. The first-order valence-corrected chi connectivity index (χ1v) is 9.51. The number of carbonyl (C=O) groups excluding carboxylic acids is 1. The third kappa shape index (κ3) is 4.03. The van der Waals surface area contributed by atoms with Crippen molar-refractivity contribution < 1.29 is 18.3 Å². The van der Waals surface area contributed by atoms with Crippen molar-refractivity contribution >= 4 is 5.91 Å². The number of carbonyl (C=O) groups is 1. The minimum absolute atomic E-state index is 0.0728. The Balaban J connectivity index is 2.05. The molecule has 2 N–H and O–H groups in total. The lowest BCUT2D eigenvalue weighted by atomic mass is 10.1. The second-order valence-corrected chi connectivity index (χ2v) is 7.92. The van der Waals surface area contributed by atoms with E-state index in [9.17, 15) is 13.6 Å². The van der Waals surface area contributed by atoms with Gasteiger partial charge in [0.1, 0.15) is 0 Å². The molecule has 158 valence electrons. The maximum atomic E-state index is 14.3. The monoisotopic (exact) mass is 414 g/mol. The molecule has 6 nitrogen and oxygen atoms in total. The zero-order chi connectivity index (χ0) is 22.2. The lowest BCUT2D eigenvalue weighted by Gasteiger charge is -2.28. The summed E-state index contributed by atoms with van der Waals surface area (Å²) >= 11 is 0. The van der Waals surface area contributed by atoms with E-state index in [2.05, 4.69) is 10.2 Å². The van der Waals surface area contributed by atoms with Gasteiger partial charge in [0.15, 0.2) is 34.6 Å². The standard InChI is InChI=1S/C22H24F2N4O2/c1-12(2)28-20(15-8-6-14(7-9-15)19(25)29)26-27-21(28)22(4,5)30-18-16(23)10-13(3)11-17(18)24/h6-12H,1-5H3,(H2,25,29). The fraction of sp³-hybridized carbons (Fsp3) is 0.318. The van der Waals surface area contributed by atoms with Crippen LogP contribution in [0.4, 0.5) is 8.78 Å². The fourth-order valence-electron chi connectivity index (χ4n) is 3.26. The number of hydrogen-bond donors (Lipinski definition) is 1. The summed E-state index contributed by atoms with van der Waals surface area (Å²) in [6.07, 6.45) is 0. The van der Waals surface area contributed by atoms with E-state index >= 15 is 0 Å². The second-order valence-electron chi connectivity index (χ2n) is 7.92. The quantitative estimate of drug-likeness (QED) is 0.643. The van der Waals surface area contributed by atoms with Crippen molar-refractivity contribution in [1.29, 1.82) is 0 Å². The maximum absolute atomic E-state index is 14.3. The molecule has 3 rings (SSSR count). The predicted octanol–water partition coefficient (Wildman–Crippen LogP) is 4.53. The molecule has 0 aliphatic carbocycles. The van der Waals surface area contributed by atoms with E-state index < -0.39 is 28.9 Å². The zero-order valence-corrected chi connectivity index (χ0v) is 17.5. The van der Waals surface area contributed by atoms with Crippen molar-refractivity contribution in [3.8, 4) is 17.1 Å². The van der Waals surface area contributed by atoms with Gasteiger partial charge in [-0.15, -0.1) is 10.2 Å². The minimum atomic E-state index is -1.18. The van der Waals surface area contributed by atoms with Crippen molar-refractivity contribution in [1.82, 2.24) is 14.8 Å². The first-order valence-electron chi connectivity index (χ1n) is 9.51. The number of aromatic nitrogens is 3. The van der Waals surface area contributed by atoms with Crippen LogP contribution in [0.5, 0.6) is 5.75 Å². The molecule has 0 saturated heterocycles. The lowest BCUT2D eigenvalue weighted by molar-refractivity contribution is 0.0814. The molecule has 0 fully saturated rings. The molecule has 8 heteroatoms. The Morgan fingerprint density at radius 1 is 1.10 bits per heavy atom. The maximum Gasteiger partial charge on any atom is 0.248 e. The van der Waals surface area contributed by atoms with Gasteiger partial charge in [0.25, 0.3) is 0 Å². The average molecular weight is 414 g/mol. The van der Waals surface area contributed by atoms with E-state index in [4.69, 9.17) is 10.5 Å². The summed E-state index contributed by atoms with van der Waals surface area (Å²) in [6, 6.07) is 9.02. The number of nitrogens with two attached hydrogens (primary N) is 1. The molecular weight excluding hydrogens is 390 g/mol. The van der Waals surface area contributed by atoms with Gasteiger partial charge in [0.2, 0.25) is 5.91 Å². The van der Waals surface area contributed by atoms with Crippen LogP contribution in [-0.4, -0.2) is 20.7 Å². The first kappa shape index (κ1) is 21.4. The Bertz CT molecular complexity index is 1070. The molecule has 0 saturated carbocycles. The highest BCUT2D eigenvalue weighted by Crippen LogP contribution is 2.34. The summed E-state index contributed by atoms with van der Waals surface area (Å²) in [5, 5.41) is 8.55. The molecule has 1 aromatic heterocycles. The van der Waals surface area contributed by atoms with Crippen LogP contribution in [0.1, 0.15) is 55.5 Å². The Morgan fingerprint density at radius 2 is 1.67 bits per heavy atom. The number of primary amides is 1. The Hall–Kier alpha value is -3.29. The Morgan fingerprint density at radius 3 is 2.17 bits per heavy atom. The normalized spacial score (nSPS) is 11.7. The van der Waals surface area contributed by atoms with Gasteiger partial charge in [-0.2, -0.15) is 0 Å². The largest absolute Gasteiger partial charge is 0.474 e. The van der Waals surface area contributed by atoms with Gasteiger partial charge in [-0.1, -0.05) is 12.1 Å². The number of aryl methyl sites for hydroxylation is 1. The smallest absolute Gasteiger partial charge is 0.248 e. The van der Waals surface area contributed by atoms with Gasteiger partial charge in [0, 0.05) is 17.2 Å². The van der Waals surface area contributed by atoms with Gasteiger partial charge < -0.3 is 15.0 Å². The van der Waals surface area contributed by atoms with Crippen LogP contribution in [0.15, 0.2) is 36.4 Å². The van der Waals surface area contributed by atoms with Crippen molar-refractivity contribution in [2.75, 3.05) is 0 Å². The fourth-order valence-corrected chi connectivity index (χ4v) is 3.26. The summed E-state index contributed by atoms with van der Waals surface area (Å²) in [6.45, 7) is 8.84. The SMILES string of the molecule is Cc1cc(F)c(OC(C)(C)c2nnc(-c3ccc(C(N)=O)cc3)n2C(C)C)c(F)c1. The molecular formula is C22H24F2N4O2. The van der Waals surface area contributed by atoms with Crippen molar-refractivity contribution in [3.63, 3.8) is 0 Å². The highest BCUT2D eigenvalue weighted by Gasteiger charge is 2.34. The minimum Gasteiger partial charge on any atom is -0.474 e. The summed E-state index contributed by atoms with van der Waals surface area (Å²) in [7, 11) is 0. The molecule has 1 amide bonds. The second kappa shape index (κ2) is 7.85. The molecule has 0 atom stereocenters.